The van der Waals surface area contributed by atoms with Gasteiger partial charge in [-0.3, -0.25) is 4.79 Å². The fraction of sp³-hybridized carbons (Fsp3) is 0.519. The van der Waals surface area contributed by atoms with Crippen LogP contribution in [0.5, 0.6) is 5.75 Å². The molecule has 2 aromatic rings. The number of alkyl halides is 3. The number of sulfone groups is 3. The molecule has 0 bridgehead atoms. The van der Waals surface area contributed by atoms with Gasteiger partial charge < -0.3 is 9.64 Å². The summed E-state index contributed by atoms with van der Waals surface area (Å²) in [5, 5.41) is -1.07. The number of piperidine rings is 1. The Bertz CT molecular complexity index is 1620. The normalized spacial score (nSPS) is 17.8. The van der Waals surface area contributed by atoms with Gasteiger partial charge >= 0.3 is 6.18 Å². The van der Waals surface area contributed by atoms with Crippen molar-refractivity contribution in [1.29, 1.82) is 0 Å². The molecule has 0 aromatic heterocycles. The standard InChI is InChI=1S/C26H30F3NO8S3.CH4/c1-16(41(36,37)21-6-4-5-18(13-21)26(27,28)29)17-9-11-30(12-10-17)25(31)24-22(39(2,32)33)14-20(38-19-7-8-19)15-23(24)40(3,34)35;/h4-6,13-17,19H,7-12H2,1-3H3;1H4/t16-;/m0./s1. The van der Waals surface area contributed by atoms with Crippen LogP contribution in [0, 0.1) is 5.92 Å². The minimum Gasteiger partial charge on any atom is -0.490 e. The average molecular weight is 654 g/mol. The van der Waals surface area contributed by atoms with Crippen LogP contribution < -0.4 is 4.74 Å². The molecule has 4 rings (SSSR count). The van der Waals surface area contributed by atoms with Gasteiger partial charge in [0.15, 0.2) is 29.5 Å². The second-order valence-electron chi connectivity index (χ2n) is 10.6. The Morgan fingerprint density at radius 1 is 0.905 bits per heavy atom. The summed E-state index contributed by atoms with van der Waals surface area (Å²) in [4.78, 5) is 13.5. The molecule has 1 aliphatic carbocycles. The van der Waals surface area contributed by atoms with Gasteiger partial charge in [-0.15, -0.1) is 0 Å². The molecule has 2 aromatic carbocycles. The number of hydrogen-bond acceptors (Lipinski definition) is 8. The summed E-state index contributed by atoms with van der Waals surface area (Å²) < 4.78 is 122. The molecule has 0 unspecified atom stereocenters. The van der Waals surface area contributed by atoms with Gasteiger partial charge in [0.2, 0.25) is 0 Å². The Labute approximate surface area is 244 Å². The highest BCUT2D eigenvalue weighted by molar-refractivity contribution is 7.92. The third kappa shape index (κ3) is 7.28. The van der Waals surface area contributed by atoms with Crippen molar-refractivity contribution in [2.24, 2.45) is 5.92 Å². The fourth-order valence-corrected chi connectivity index (χ4v) is 8.48. The number of likely N-dealkylation sites (tertiary alicyclic amines) is 1. The van der Waals surface area contributed by atoms with Gasteiger partial charge in [-0.1, -0.05) is 13.5 Å². The van der Waals surface area contributed by atoms with Crippen LogP contribution in [0.4, 0.5) is 13.2 Å². The zero-order valence-corrected chi connectivity index (χ0v) is 25.0. The Balaban J connectivity index is 0.00000484. The van der Waals surface area contributed by atoms with Crippen LogP contribution in [0.3, 0.4) is 0 Å². The molecule has 0 radical (unpaired) electrons. The Kier molecular flexibility index (Phi) is 9.50. The van der Waals surface area contributed by atoms with E-state index in [1.807, 2.05) is 0 Å². The maximum absolute atomic E-state index is 13.6. The molecule has 1 saturated heterocycles. The number of benzene rings is 2. The summed E-state index contributed by atoms with van der Waals surface area (Å²) in [5.41, 5.74) is -1.58. The Hall–Kier alpha value is -2.65. The van der Waals surface area contributed by atoms with Crippen molar-refractivity contribution in [1.82, 2.24) is 4.90 Å². The van der Waals surface area contributed by atoms with E-state index >= 15 is 0 Å². The molecule has 42 heavy (non-hydrogen) atoms. The highest BCUT2D eigenvalue weighted by atomic mass is 32.2. The summed E-state index contributed by atoms with van der Waals surface area (Å²) in [6.45, 7) is 1.37. The lowest BCUT2D eigenvalue weighted by atomic mass is 9.93. The third-order valence-electron chi connectivity index (χ3n) is 7.35. The molecule has 1 heterocycles. The number of nitrogens with zero attached hydrogens (tertiary/aromatic N) is 1. The van der Waals surface area contributed by atoms with E-state index in [0.717, 1.165) is 55.7 Å². The van der Waals surface area contributed by atoms with Crippen molar-refractivity contribution in [2.45, 2.75) is 72.3 Å². The predicted octanol–water partition coefficient (Wildman–Crippen LogP) is 4.40. The molecule has 0 N–H and O–H groups in total. The van der Waals surface area contributed by atoms with Gasteiger partial charge in [0.25, 0.3) is 5.91 Å². The van der Waals surface area contributed by atoms with Crippen LogP contribution in [-0.2, 0) is 35.7 Å². The number of halogens is 3. The largest absolute Gasteiger partial charge is 0.490 e. The van der Waals surface area contributed by atoms with E-state index in [9.17, 15) is 43.2 Å². The first-order valence-electron chi connectivity index (χ1n) is 12.8. The number of hydrogen-bond donors (Lipinski definition) is 0. The van der Waals surface area contributed by atoms with Crippen LogP contribution in [0.1, 0.15) is 56.0 Å². The van der Waals surface area contributed by atoms with E-state index in [1.54, 1.807) is 0 Å². The zero-order valence-electron chi connectivity index (χ0n) is 22.5. The van der Waals surface area contributed by atoms with E-state index in [2.05, 4.69) is 0 Å². The minimum atomic E-state index is -4.71. The third-order valence-corrected chi connectivity index (χ3v) is 11.9. The Morgan fingerprint density at radius 3 is 1.88 bits per heavy atom. The number of carbonyl (C=O) groups excluding carboxylic acids is 1. The van der Waals surface area contributed by atoms with Gasteiger partial charge in [0.1, 0.15) is 5.75 Å². The van der Waals surface area contributed by atoms with Crippen molar-refractivity contribution >= 4 is 35.4 Å². The second-order valence-corrected chi connectivity index (χ2v) is 16.8. The van der Waals surface area contributed by atoms with Crippen LogP contribution in [0.2, 0.25) is 0 Å². The first kappa shape index (κ1) is 33.8. The molecule has 1 aliphatic heterocycles. The molecule has 15 heteroatoms. The molecule has 234 valence electrons. The maximum atomic E-state index is 13.6. The summed E-state index contributed by atoms with van der Waals surface area (Å²) >= 11 is 0. The smallest absolute Gasteiger partial charge is 0.416 e. The molecule has 2 aliphatic rings. The van der Waals surface area contributed by atoms with Crippen molar-refractivity contribution in [2.75, 3.05) is 25.6 Å². The van der Waals surface area contributed by atoms with Crippen molar-refractivity contribution in [3.05, 3.63) is 47.5 Å². The first-order chi connectivity index (χ1) is 18.8. The van der Waals surface area contributed by atoms with Gasteiger partial charge in [0, 0.05) is 25.6 Å². The number of ether oxygens (including phenoxy) is 1. The SMILES string of the molecule is C.C[C@@H](C1CCN(C(=O)c2c(S(C)(=O)=O)cc(OC3CC3)cc2S(C)(=O)=O)CC1)S(=O)(=O)c1cccc(C(F)(F)F)c1. The molecule has 0 spiro atoms. The van der Waals surface area contributed by atoms with E-state index < -0.39 is 78.6 Å². The van der Waals surface area contributed by atoms with E-state index in [1.165, 1.54) is 11.8 Å². The average Bonchev–Trinajstić information content (AvgIpc) is 3.70. The maximum Gasteiger partial charge on any atom is 0.416 e. The van der Waals surface area contributed by atoms with Gasteiger partial charge in [-0.25, -0.2) is 25.3 Å². The zero-order chi connectivity index (χ0) is 30.5. The van der Waals surface area contributed by atoms with Crippen LogP contribution in [0.15, 0.2) is 51.1 Å². The molecule has 1 saturated carbocycles. The lowest BCUT2D eigenvalue weighted by molar-refractivity contribution is -0.137. The van der Waals surface area contributed by atoms with E-state index in [4.69, 9.17) is 4.74 Å². The topological polar surface area (TPSA) is 132 Å². The van der Waals surface area contributed by atoms with Crippen molar-refractivity contribution < 1.29 is 48.0 Å². The summed E-state index contributed by atoms with van der Waals surface area (Å²) in [6, 6.07) is 5.81. The number of carbonyl (C=O) groups is 1. The fourth-order valence-electron chi connectivity index (χ4n) is 4.86. The number of rotatable bonds is 8. The molecule has 9 nitrogen and oxygen atoms in total. The van der Waals surface area contributed by atoms with Gasteiger partial charge in [-0.05, 0) is 68.9 Å². The first-order valence-corrected chi connectivity index (χ1v) is 18.1. The van der Waals surface area contributed by atoms with Crippen LogP contribution in [0.25, 0.3) is 0 Å². The van der Waals surface area contributed by atoms with Crippen LogP contribution in [-0.4, -0.2) is 73.0 Å². The van der Waals surface area contributed by atoms with Gasteiger partial charge in [0.05, 0.1) is 37.2 Å². The summed E-state index contributed by atoms with van der Waals surface area (Å²) in [5.74, 6) is -1.33. The molecule has 2 fully saturated rings. The molecular formula is C27H34F3NO8S3. The highest BCUT2D eigenvalue weighted by Crippen LogP contribution is 2.37. The molecule has 1 amide bonds. The van der Waals surface area contributed by atoms with Crippen LogP contribution >= 0.6 is 0 Å². The molecule has 1 atom stereocenters. The highest BCUT2D eigenvalue weighted by Gasteiger charge is 2.38. The molecular weight excluding hydrogens is 619 g/mol. The minimum absolute atomic E-state index is 0. The monoisotopic (exact) mass is 653 g/mol. The summed E-state index contributed by atoms with van der Waals surface area (Å²) in [6.07, 6.45) is -1.38. The predicted molar refractivity (Wildman–Crippen MR) is 150 cm³/mol. The lowest BCUT2D eigenvalue weighted by Gasteiger charge is -2.35. The van der Waals surface area contributed by atoms with Gasteiger partial charge in [-0.2, -0.15) is 13.2 Å². The Morgan fingerprint density at radius 2 is 1.43 bits per heavy atom. The van der Waals surface area contributed by atoms with Crippen molar-refractivity contribution in [3.8, 4) is 5.75 Å². The van der Waals surface area contributed by atoms with E-state index in [-0.39, 0.29) is 45.2 Å². The number of amides is 1. The quantitative estimate of drug-likeness (QED) is 0.410. The van der Waals surface area contributed by atoms with E-state index in [0.29, 0.717) is 6.07 Å². The summed E-state index contributed by atoms with van der Waals surface area (Å²) in [7, 11) is -12.3. The van der Waals surface area contributed by atoms with Crippen molar-refractivity contribution in [3.63, 3.8) is 0 Å². The lowest BCUT2D eigenvalue weighted by Crippen LogP contribution is -2.43. The second kappa shape index (κ2) is 11.8.